The Balaban J connectivity index is 2.70. The van der Waals surface area contributed by atoms with E-state index in [-0.39, 0.29) is 5.56 Å². The average Bonchev–Trinajstić information content (AvgIpc) is 2.36. The van der Waals surface area contributed by atoms with Crippen LogP contribution in [0.5, 0.6) is 0 Å². The Morgan fingerprint density at radius 1 is 1.60 bits per heavy atom. The predicted octanol–water partition coefficient (Wildman–Crippen LogP) is -0.963. The maximum Gasteiger partial charge on any atom is 0.280 e. The van der Waals surface area contributed by atoms with E-state index in [1.54, 1.807) is 12.1 Å². The maximum atomic E-state index is 10.9. The lowest BCUT2D eigenvalue weighted by molar-refractivity contribution is 0.823. The summed E-state index contributed by atoms with van der Waals surface area (Å²) in [6.45, 7) is 0. The van der Waals surface area contributed by atoms with Crippen molar-refractivity contribution in [3.8, 4) is 0 Å². The molecule has 1 aliphatic rings. The molecule has 0 unspecified atom stereocenters. The number of rotatable bonds is 0. The summed E-state index contributed by atoms with van der Waals surface area (Å²) in [5, 5.41) is 0. The highest BCUT2D eigenvalue weighted by molar-refractivity contribution is 5.37. The van der Waals surface area contributed by atoms with Crippen molar-refractivity contribution >= 4 is 5.82 Å². The fraction of sp³-hybridized carbons (Fsp3) is 0. The van der Waals surface area contributed by atoms with Crippen molar-refractivity contribution in [2.45, 2.75) is 0 Å². The fourth-order valence-electron chi connectivity index (χ4n) is 0.797. The molecule has 1 aromatic rings. The van der Waals surface area contributed by atoms with Crippen LogP contribution in [0.1, 0.15) is 0 Å². The van der Waals surface area contributed by atoms with Crippen LogP contribution < -0.4 is 22.1 Å². The zero-order valence-electron chi connectivity index (χ0n) is 5.01. The van der Waals surface area contributed by atoms with Crippen LogP contribution in [-0.2, 0) is 0 Å². The summed E-state index contributed by atoms with van der Waals surface area (Å²) in [4.78, 5) is 10.9. The van der Waals surface area contributed by atoms with E-state index in [2.05, 4.69) is 22.6 Å². The average molecular weight is 137 g/mol. The lowest BCUT2D eigenvalue weighted by Gasteiger charge is -1.95. The minimum Gasteiger partial charge on any atom is -0.287 e. The van der Waals surface area contributed by atoms with E-state index < -0.39 is 0 Å². The largest absolute Gasteiger partial charge is 0.287 e. The number of hydrogen-bond acceptors (Lipinski definition) is 4. The number of fused-ring (bicyclic) bond motifs is 1. The van der Waals surface area contributed by atoms with Crippen LogP contribution in [0, 0.1) is 6.07 Å². The molecule has 5 nitrogen and oxygen atoms in total. The molecule has 2 heterocycles. The SMILES string of the molecule is O=c1[c]ccc2n1NNN2. The lowest BCUT2D eigenvalue weighted by atomic mass is 10.5. The molecule has 5 heteroatoms. The molecule has 3 N–H and O–H groups in total. The first kappa shape index (κ1) is 5.31. The summed E-state index contributed by atoms with van der Waals surface area (Å²) in [7, 11) is 0. The Labute approximate surface area is 56.6 Å². The zero-order valence-corrected chi connectivity index (χ0v) is 5.01. The molecule has 2 rings (SSSR count). The van der Waals surface area contributed by atoms with Gasteiger partial charge in [-0.05, 0) is 12.1 Å². The van der Waals surface area contributed by atoms with Crippen LogP contribution in [0.3, 0.4) is 0 Å². The van der Waals surface area contributed by atoms with Gasteiger partial charge in [-0.2, -0.15) is 4.68 Å². The first-order chi connectivity index (χ1) is 4.88. The summed E-state index contributed by atoms with van der Waals surface area (Å²) in [6, 6.07) is 5.79. The molecule has 0 fully saturated rings. The van der Waals surface area contributed by atoms with Gasteiger partial charge in [-0.25, -0.2) is 5.53 Å². The van der Waals surface area contributed by atoms with Crippen molar-refractivity contribution < 1.29 is 0 Å². The number of nitrogens with one attached hydrogen (secondary N) is 3. The second-order valence-corrected chi connectivity index (χ2v) is 1.87. The topological polar surface area (TPSA) is 58.1 Å². The Hall–Kier alpha value is -1.49. The number of aromatic nitrogens is 1. The summed E-state index contributed by atoms with van der Waals surface area (Å²) in [5.74, 6) is 0.684. The van der Waals surface area contributed by atoms with E-state index in [1.165, 1.54) is 4.68 Å². The van der Waals surface area contributed by atoms with Crippen LogP contribution in [0.2, 0.25) is 0 Å². The summed E-state index contributed by atoms with van der Waals surface area (Å²) >= 11 is 0. The molecule has 10 heavy (non-hydrogen) atoms. The molecule has 0 aliphatic carbocycles. The third-order valence-corrected chi connectivity index (χ3v) is 1.25. The smallest absolute Gasteiger partial charge is 0.280 e. The predicted molar refractivity (Wildman–Crippen MR) is 35.7 cm³/mol. The Bertz CT molecular complexity index is 305. The van der Waals surface area contributed by atoms with Crippen molar-refractivity contribution in [3.05, 3.63) is 28.6 Å². The summed E-state index contributed by atoms with van der Waals surface area (Å²) < 4.78 is 1.32. The van der Waals surface area contributed by atoms with Gasteiger partial charge in [0, 0.05) is 0 Å². The first-order valence-electron chi connectivity index (χ1n) is 2.79. The zero-order chi connectivity index (χ0) is 6.97. The summed E-state index contributed by atoms with van der Waals surface area (Å²) in [5.41, 5.74) is 7.66. The quantitative estimate of drug-likeness (QED) is 0.431. The van der Waals surface area contributed by atoms with Crippen LogP contribution >= 0.6 is 0 Å². The van der Waals surface area contributed by atoms with Gasteiger partial charge in [-0.1, -0.05) is 0 Å². The second-order valence-electron chi connectivity index (χ2n) is 1.87. The molecule has 0 bridgehead atoms. The number of hydrogen-bond donors (Lipinski definition) is 3. The van der Waals surface area contributed by atoms with E-state index in [1.807, 2.05) is 0 Å². The molecule has 0 amide bonds. The summed E-state index contributed by atoms with van der Waals surface area (Å²) in [6.07, 6.45) is 0. The monoisotopic (exact) mass is 137 g/mol. The van der Waals surface area contributed by atoms with Gasteiger partial charge in [0.1, 0.15) is 5.82 Å². The van der Waals surface area contributed by atoms with Crippen LogP contribution in [0.4, 0.5) is 5.82 Å². The first-order valence-corrected chi connectivity index (χ1v) is 2.79. The number of hydrazine groups is 2. The van der Waals surface area contributed by atoms with Gasteiger partial charge in [0.25, 0.3) is 5.56 Å². The van der Waals surface area contributed by atoms with Gasteiger partial charge in [0.05, 0.1) is 6.07 Å². The minimum absolute atomic E-state index is 0.213. The molecule has 0 atom stereocenters. The maximum absolute atomic E-state index is 10.9. The molecule has 1 aromatic heterocycles. The highest BCUT2D eigenvalue weighted by atomic mass is 16.1. The van der Waals surface area contributed by atoms with Crippen LogP contribution in [0.25, 0.3) is 0 Å². The minimum atomic E-state index is -0.213. The Morgan fingerprint density at radius 3 is 3.30 bits per heavy atom. The number of nitrogens with zero attached hydrogens (tertiary/aromatic N) is 1. The molecule has 0 aromatic carbocycles. The Kier molecular flexibility index (Phi) is 0.925. The molecular formula is C5H5N4O. The van der Waals surface area contributed by atoms with Gasteiger partial charge < -0.3 is 0 Å². The van der Waals surface area contributed by atoms with Crippen LogP contribution in [-0.4, -0.2) is 4.68 Å². The van der Waals surface area contributed by atoms with Crippen molar-refractivity contribution in [2.75, 3.05) is 11.0 Å². The van der Waals surface area contributed by atoms with Crippen molar-refractivity contribution in [1.29, 1.82) is 0 Å². The van der Waals surface area contributed by atoms with E-state index in [4.69, 9.17) is 0 Å². The van der Waals surface area contributed by atoms with Gasteiger partial charge in [-0.15, -0.1) is 5.53 Å². The number of pyridine rings is 1. The van der Waals surface area contributed by atoms with E-state index in [0.29, 0.717) is 5.82 Å². The third-order valence-electron chi connectivity index (χ3n) is 1.25. The number of anilines is 1. The normalized spacial score (nSPS) is 13.6. The molecule has 1 aliphatic heterocycles. The molecular weight excluding hydrogens is 132 g/mol. The van der Waals surface area contributed by atoms with E-state index >= 15 is 0 Å². The van der Waals surface area contributed by atoms with E-state index in [9.17, 15) is 4.79 Å². The molecule has 0 saturated carbocycles. The lowest BCUT2D eigenvalue weighted by Crippen LogP contribution is -2.29. The van der Waals surface area contributed by atoms with Crippen molar-refractivity contribution in [1.82, 2.24) is 10.2 Å². The second kappa shape index (κ2) is 1.74. The van der Waals surface area contributed by atoms with Gasteiger partial charge in [0.2, 0.25) is 0 Å². The van der Waals surface area contributed by atoms with Gasteiger partial charge >= 0.3 is 0 Å². The molecule has 0 spiro atoms. The van der Waals surface area contributed by atoms with Gasteiger partial charge in [-0.3, -0.25) is 10.2 Å². The van der Waals surface area contributed by atoms with Gasteiger partial charge in [0.15, 0.2) is 0 Å². The highest BCUT2D eigenvalue weighted by Crippen LogP contribution is 2.01. The Morgan fingerprint density at radius 2 is 2.50 bits per heavy atom. The molecule has 0 saturated heterocycles. The highest BCUT2D eigenvalue weighted by Gasteiger charge is 2.06. The van der Waals surface area contributed by atoms with E-state index in [0.717, 1.165) is 0 Å². The third kappa shape index (κ3) is 0.577. The van der Waals surface area contributed by atoms with Crippen molar-refractivity contribution in [2.24, 2.45) is 0 Å². The fourth-order valence-corrected chi connectivity index (χ4v) is 0.797. The van der Waals surface area contributed by atoms with Crippen molar-refractivity contribution in [3.63, 3.8) is 0 Å². The standard InChI is InChI=1S/C5H5N4O/c10-5-3-1-2-4-6-7-8-9(4)5/h1-2,6-8H. The molecule has 51 valence electrons. The molecule has 1 radical (unpaired) electrons. The van der Waals surface area contributed by atoms with Crippen LogP contribution in [0.15, 0.2) is 16.9 Å².